The van der Waals surface area contributed by atoms with Crippen LogP contribution in [0.5, 0.6) is 0 Å². The van der Waals surface area contributed by atoms with Gasteiger partial charge in [-0.15, -0.1) is 22.6 Å². The minimum Gasteiger partial charge on any atom is -0.364 e. The van der Waals surface area contributed by atoms with Crippen LogP contribution in [-0.2, 0) is 14.9 Å². The van der Waals surface area contributed by atoms with Crippen molar-refractivity contribution in [2.45, 2.75) is 51.2 Å². The molecular formula is C12H21ClN4O2S. The average Bonchev–Trinajstić information content (AvgIpc) is 2.95. The number of hydrogen-bond donors (Lipinski definition) is 2. The molecule has 2 rings (SSSR count). The lowest BCUT2D eigenvalue weighted by Crippen LogP contribution is -2.29. The molecule has 1 aliphatic heterocycles. The summed E-state index contributed by atoms with van der Waals surface area (Å²) in [6.07, 6.45) is 1.11. The Bertz CT molecular complexity index is 461. The summed E-state index contributed by atoms with van der Waals surface area (Å²) < 4.78 is 5.54. The second kappa shape index (κ2) is 6.80. The number of hydrogen-bond acceptors (Lipinski definition) is 6. The first-order valence-electron chi connectivity index (χ1n) is 6.40. The summed E-state index contributed by atoms with van der Waals surface area (Å²) in [7, 11) is 0. The highest BCUT2D eigenvalue weighted by molar-refractivity contribution is 7.15. The molecule has 1 aliphatic rings. The molecule has 114 valence electrons. The molecule has 1 saturated heterocycles. The van der Waals surface area contributed by atoms with Gasteiger partial charge in [0.05, 0.1) is 6.10 Å². The highest BCUT2D eigenvalue weighted by atomic mass is 35.5. The van der Waals surface area contributed by atoms with Crippen LogP contribution in [0.15, 0.2) is 0 Å². The van der Waals surface area contributed by atoms with Crippen LogP contribution in [0, 0.1) is 0 Å². The van der Waals surface area contributed by atoms with Crippen molar-refractivity contribution < 1.29 is 9.53 Å². The van der Waals surface area contributed by atoms with E-state index in [1.807, 2.05) is 0 Å². The van der Waals surface area contributed by atoms with Gasteiger partial charge in [-0.2, -0.15) is 0 Å². The predicted octanol–water partition coefficient (Wildman–Crippen LogP) is 1.70. The Hall–Kier alpha value is -0.760. The van der Waals surface area contributed by atoms with Gasteiger partial charge in [0, 0.05) is 12.0 Å². The van der Waals surface area contributed by atoms with Gasteiger partial charge in [0.15, 0.2) is 0 Å². The van der Waals surface area contributed by atoms with Crippen LogP contribution in [0.2, 0.25) is 0 Å². The third kappa shape index (κ3) is 4.12. The quantitative estimate of drug-likeness (QED) is 0.884. The lowest BCUT2D eigenvalue weighted by atomic mass is 9.98. The average molecular weight is 321 g/mol. The second-order valence-electron chi connectivity index (χ2n) is 5.71. The topological polar surface area (TPSA) is 90.1 Å². The van der Waals surface area contributed by atoms with E-state index in [0.717, 1.165) is 11.4 Å². The number of amides is 1. The molecule has 0 bridgehead atoms. The zero-order valence-corrected chi connectivity index (χ0v) is 13.5. The van der Waals surface area contributed by atoms with Gasteiger partial charge < -0.3 is 10.5 Å². The van der Waals surface area contributed by atoms with Crippen LogP contribution < -0.4 is 11.1 Å². The van der Waals surface area contributed by atoms with Crippen LogP contribution in [0.1, 0.15) is 38.6 Å². The molecule has 1 aromatic heterocycles. The molecule has 1 aromatic rings. The Balaban J connectivity index is 0.00000200. The molecule has 3 N–H and O–H groups in total. The van der Waals surface area contributed by atoms with E-state index in [4.69, 9.17) is 10.5 Å². The summed E-state index contributed by atoms with van der Waals surface area (Å²) in [5, 5.41) is 12.3. The second-order valence-corrected chi connectivity index (χ2v) is 6.69. The molecular weight excluding hydrogens is 300 g/mol. The molecule has 0 radical (unpaired) electrons. The summed E-state index contributed by atoms with van der Waals surface area (Å²) in [6, 6.07) is 0. The van der Waals surface area contributed by atoms with Crippen LogP contribution in [-0.4, -0.2) is 34.9 Å². The Labute approximate surface area is 128 Å². The fraction of sp³-hybridized carbons (Fsp3) is 0.750. The number of nitrogens with two attached hydrogens (primary N) is 1. The molecule has 0 saturated carbocycles. The smallest absolute Gasteiger partial charge is 0.255 e. The number of carbonyl (C=O) groups is 1. The zero-order valence-electron chi connectivity index (χ0n) is 11.9. The SMILES string of the molecule is CC(C)(C)c1nnc(NC(=O)[C@@H]2CC[C@H](CN)O2)s1.Cl. The maximum absolute atomic E-state index is 12.0. The summed E-state index contributed by atoms with van der Waals surface area (Å²) in [5.41, 5.74) is 5.46. The molecule has 0 aliphatic carbocycles. The van der Waals surface area contributed by atoms with E-state index < -0.39 is 6.10 Å². The first-order chi connectivity index (χ1) is 8.90. The summed E-state index contributed by atoms with van der Waals surface area (Å²) >= 11 is 1.40. The van der Waals surface area contributed by atoms with Gasteiger partial charge >= 0.3 is 0 Å². The molecule has 2 heterocycles. The lowest BCUT2D eigenvalue weighted by Gasteiger charge is -2.12. The largest absolute Gasteiger partial charge is 0.364 e. The molecule has 0 aromatic carbocycles. The molecule has 1 fully saturated rings. The molecule has 6 nitrogen and oxygen atoms in total. The summed E-state index contributed by atoms with van der Waals surface area (Å²) in [5.74, 6) is -0.160. The predicted molar refractivity (Wildman–Crippen MR) is 81.4 cm³/mol. The van der Waals surface area contributed by atoms with Gasteiger partial charge in [0.2, 0.25) is 5.13 Å². The number of nitrogens with one attached hydrogen (secondary N) is 1. The standard InChI is InChI=1S/C12H20N4O2S.ClH/c1-12(2,3)10-15-16-11(19-10)14-9(17)8-5-4-7(6-13)18-8;/h7-8H,4-6,13H2,1-3H3,(H,14,16,17);1H/t7-,8+;/m1./s1. The van der Waals surface area contributed by atoms with Gasteiger partial charge in [-0.3, -0.25) is 10.1 Å². The number of halogens is 1. The van der Waals surface area contributed by atoms with Gasteiger partial charge in [-0.25, -0.2) is 0 Å². The minimum atomic E-state index is -0.421. The molecule has 0 unspecified atom stereocenters. The van der Waals surface area contributed by atoms with Crippen LogP contribution in [0.3, 0.4) is 0 Å². The third-order valence-corrected chi connectivity index (χ3v) is 4.22. The number of ether oxygens (including phenoxy) is 1. The van der Waals surface area contributed by atoms with E-state index in [1.54, 1.807) is 0 Å². The van der Waals surface area contributed by atoms with E-state index in [-0.39, 0.29) is 29.8 Å². The maximum Gasteiger partial charge on any atom is 0.255 e. The Morgan fingerprint density at radius 2 is 2.15 bits per heavy atom. The Kier molecular flexibility index (Phi) is 5.88. The van der Waals surface area contributed by atoms with Crippen molar-refractivity contribution in [2.75, 3.05) is 11.9 Å². The minimum absolute atomic E-state index is 0. The summed E-state index contributed by atoms with van der Waals surface area (Å²) in [4.78, 5) is 12.0. The third-order valence-electron chi connectivity index (χ3n) is 2.96. The van der Waals surface area contributed by atoms with E-state index in [0.29, 0.717) is 18.1 Å². The van der Waals surface area contributed by atoms with Crippen molar-refractivity contribution in [3.05, 3.63) is 5.01 Å². The number of aromatic nitrogens is 2. The van der Waals surface area contributed by atoms with Crippen molar-refractivity contribution in [1.82, 2.24) is 10.2 Å². The van der Waals surface area contributed by atoms with E-state index in [1.165, 1.54) is 11.3 Å². The monoisotopic (exact) mass is 320 g/mol. The fourth-order valence-corrected chi connectivity index (χ4v) is 2.64. The first kappa shape index (κ1) is 17.3. The molecule has 0 spiro atoms. The number of anilines is 1. The van der Waals surface area contributed by atoms with Gasteiger partial charge in [-0.05, 0) is 12.8 Å². The van der Waals surface area contributed by atoms with Crippen molar-refractivity contribution in [3.63, 3.8) is 0 Å². The number of nitrogens with zero attached hydrogens (tertiary/aromatic N) is 2. The Morgan fingerprint density at radius 3 is 2.65 bits per heavy atom. The van der Waals surface area contributed by atoms with E-state index in [9.17, 15) is 4.79 Å². The molecule has 2 atom stereocenters. The maximum atomic E-state index is 12.0. The van der Waals surface area contributed by atoms with Crippen molar-refractivity contribution in [1.29, 1.82) is 0 Å². The molecule has 1 amide bonds. The summed E-state index contributed by atoms with van der Waals surface area (Å²) in [6.45, 7) is 6.64. The lowest BCUT2D eigenvalue weighted by molar-refractivity contribution is -0.126. The van der Waals surface area contributed by atoms with Crippen LogP contribution >= 0.6 is 23.7 Å². The van der Waals surface area contributed by atoms with Gasteiger partial charge in [0.1, 0.15) is 11.1 Å². The molecule has 8 heteroatoms. The van der Waals surface area contributed by atoms with Crippen molar-refractivity contribution in [2.24, 2.45) is 5.73 Å². The molecule has 20 heavy (non-hydrogen) atoms. The van der Waals surface area contributed by atoms with Gasteiger partial charge in [-0.1, -0.05) is 32.1 Å². The fourth-order valence-electron chi connectivity index (χ4n) is 1.83. The van der Waals surface area contributed by atoms with Crippen LogP contribution in [0.4, 0.5) is 5.13 Å². The normalized spacial score (nSPS) is 22.4. The Morgan fingerprint density at radius 1 is 1.45 bits per heavy atom. The van der Waals surface area contributed by atoms with E-state index >= 15 is 0 Å². The van der Waals surface area contributed by atoms with Crippen molar-refractivity contribution >= 4 is 34.8 Å². The van der Waals surface area contributed by atoms with Crippen LogP contribution in [0.25, 0.3) is 0 Å². The highest BCUT2D eigenvalue weighted by Gasteiger charge is 2.30. The number of rotatable bonds is 3. The van der Waals surface area contributed by atoms with Gasteiger partial charge in [0.25, 0.3) is 5.91 Å². The zero-order chi connectivity index (χ0) is 14.0. The van der Waals surface area contributed by atoms with Crippen molar-refractivity contribution in [3.8, 4) is 0 Å². The first-order valence-corrected chi connectivity index (χ1v) is 7.22. The number of carbonyl (C=O) groups excluding carboxylic acids is 1. The highest BCUT2D eigenvalue weighted by Crippen LogP contribution is 2.28. The van der Waals surface area contributed by atoms with E-state index in [2.05, 4.69) is 36.3 Å².